The lowest BCUT2D eigenvalue weighted by molar-refractivity contribution is 0.0519. The molecule has 0 N–H and O–H groups in total. The number of halogens is 2. The van der Waals surface area contributed by atoms with Crippen LogP contribution in [-0.2, 0) is 22.5 Å². The number of unbranched alkanes of at least 4 members (excludes halogenated alkanes) is 2. The predicted molar refractivity (Wildman–Crippen MR) is 124 cm³/mol. The molecule has 0 aliphatic heterocycles. The summed E-state index contributed by atoms with van der Waals surface area (Å²) in [5.74, 6) is 1.35. The molecule has 9 heteroatoms. The van der Waals surface area contributed by atoms with Crippen molar-refractivity contribution in [2.75, 3.05) is 13.2 Å². The van der Waals surface area contributed by atoms with Crippen molar-refractivity contribution in [3.8, 4) is 11.3 Å². The van der Waals surface area contributed by atoms with E-state index in [2.05, 4.69) is 10.1 Å². The molecular formula is C24H26Cl2N2O5. The van der Waals surface area contributed by atoms with Gasteiger partial charge in [-0.2, -0.15) is 0 Å². The number of hydrogen-bond donors (Lipinski definition) is 0. The highest BCUT2D eigenvalue weighted by Crippen LogP contribution is 2.46. The van der Waals surface area contributed by atoms with Crippen LogP contribution in [-0.4, -0.2) is 29.3 Å². The number of hydrogen-bond acceptors (Lipinski definition) is 7. The second-order valence-corrected chi connectivity index (χ2v) is 8.77. The summed E-state index contributed by atoms with van der Waals surface area (Å²) in [6, 6.07) is 5.40. The van der Waals surface area contributed by atoms with E-state index >= 15 is 0 Å². The molecule has 0 radical (unpaired) electrons. The van der Waals surface area contributed by atoms with E-state index in [1.165, 1.54) is 6.26 Å². The molecule has 1 aliphatic rings. The number of esters is 1. The molecule has 7 nitrogen and oxygen atoms in total. The Kier molecular flexibility index (Phi) is 8.06. The molecule has 2 aromatic heterocycles. The lowest BCUT2D eigenvalue weighted by atomic mass is 10.0. The van der Waals surface area contributed by atoms with Gasteiger partial charge in [-0.15, -0.1) is 0 Å². The van der Waals surface area contributed by atoms with Gasteiger partial charge in [0.1, 0.15) is 17.7 Å². The first kappa shape index (κ1) is 23.8. The fourth-order valence-corrected chi connectivity index (χ4v) is 4.18. The minimum absolute atomic E-state index is 0.213. The Labute approximate surface area is 202 Å². The Bertz CT molecular complexity index is 1070. The van der Waals surface area contributed by atoms with Crippen LogP contribution in [0.5, 0.6) is 0 Å². The van der Waals surface area contributed by atoms with Crippen LogP contribution in [0.15, 0.2) is 33.4 Å². The molecule has 2 heterocycles. The van der Waals surface area contributed by atoms with Crippen LogP contribution in [0.3, 0.4) is 0 Å². The normalized spacial score (nSPS) is 13.4. The topological polar surface area (TPSA) is 87.6 Å². The lowest BCUT2D eigenvalue weighted by Gasteiger charge is -2.08. The third-order valence-electron chi connectivity index (χ3n) is 5.43. The number of oxazole rings is 1. The molecule has 0 amide bonds. The van der Waals surface area contributed by atoms with Crippen molar-refractivity contribution in [3.63, 3.8) is 0 Å². The summed E-state index contributed by atoms with van der Waals surface area (Å²) >= 11 is 12.8. The van der Waals surface area contributed by atoms with Crippen molar-refractivity contribution in [2.45, 2.75) is 58.0 Å². The predicted octanol–water partition coefficient (Wildman–Crippen LogP) is 6.62. The maximum absolute atomic E-state index is 11.6. The molecule has 0 spiro atoms. The van der Waals surface area contributed by atoms with Gasteiger partial charge in [0.05, 0.1) is 23.3 Å². The van der Waals surface area contributed by atoms with Crippen LogP contribution in [0.1, 0.15) is 72.6 Å². The fraction of sp³-hybridized carbons (Fsp3) is 0.458. The molecule has 0 atom stereocenters. The maximum atomic E-state index is 11.6. The first-order chi connectivity index (χ1) is 16.1. The van der Waals surface area contributed by atoms with Crippen molar-refractivity contribution in [2.24, 2.45) is 0 Å². The van der Waals surface area contributed by atoms with Gasteiger partial charge in [-0.1, -0.05) is 40.8 Å². The van der Waals surface area contributed by atoms with Gasteiger partial charge in [-0.25, -0.2) is 9.78 Å². The van der Waals surface area contributed by atoms with Crippen molar-refractivity contribution in [3.05, 3.63) is 57.4 Å². The monoisotopic (exact) mass is 492 g/mol. The van der Waals surface area contributed by atoms with Crippen LogP contribution >= 0.6 is 23.2 Å². The third kappa shape index (κ3) is 5.96. The molecule has 0 bridgehead atoms. The maximum Gasteiger partial charge on any atom is 0.360 e. The second kappa shape index (κ2) is 11.2. The van der Waals surface area contributed by atoms with Crippen LogP contribution < -0.4 is 0 Å². The van der Waals surface area contributed by atoms with Gasteiger partial charge in [0.2, 0.25) is 0 Å². The standard InChI is InChI=1S/C24H26Cl2N2O5/c1-2-31-24(29)19-14-32-20(27-19)9-4-3-5-12-30-13-16-22(28-33-23(16)15-10-11-15)21-17(25)7-6-8-18(21)26/h6-8,14-15H,2-5,9-13H2,1H3. The van der Waals surface area contributed by atoms with E-state index < -0.39 is 5.97 Å². The van der Waals surface area contributed by atoms with E-state index in [0.29, 0.717) is 59.4 Å². The molecule has 4 rings (SSSR count). The van der Waals surface area contributed by atoms with E-state index in [4.69, 9.17) is 41.6 Å². The van der Waals surface area contributed by atoms with Gasteiger partial charge < -0.3 is 18.4 Å². The third-order valence-corrected chi connectivity index (χ3v) is 6.06. The highest BCUT2D eigenvalue weighted by molar-refractivity contribution is 6.39. The summed E-state index contributed by atoms with van der Waals surface area (Å²) in [5.41, 5.74) is 2.49. The summed E-state index contributed by atoms with van der Waals surface area (Å²) in [6.45, 7) is 3.06. The van der Waals surface area contributed by atoms with E-state index in [9.17, 15) is 4.79 Å². The number of ether oxygens (including phenoxy) is 2. The number of aromatic nitrogens is 2. The van der Waals surface area contributed by atoms with E-state index in [1.54, 1.807) is 19.1 Å². The highest BCUT2D eigenvalue weighted by Gasteiger charge is 2.33. The summed E-state index contributed by atoms with van der Waals surface area (Å²) < 4.78 is 21.9. The number of aryl methyl sites for hydroxylation is 1. The fourth-order valence-electron chi connectivity index (χ4n) is 3.60. The first-order valence-corrected chi connectivity index (χ1v) is 12.0. The van der Waals surface area contributed by atoms with Crippen molar-refractivity contribution in [1.29, 1.82) is 0 Å². The average Bonchev–Trinajstić information content (AvgIpc) is 3.38. The zero-order valence-electron chi connectivity index (χ0n) is 18.4. The van der Waals surface area contributed by atoms with Gasteiger partial charge in [0, 0.05) is 30.1 Å². The summed E-state index contributed by atoms with van der Waals surface area (Å²) in [5, 5.41) is 5.36. The second-order valence-electron chi connectivity index (χ2n) is 7.96. The molecule has 176 valence electrons. The van der Waals surface area contributed by atoms with Crippen molar-refractivity contribution < 1.29 is 23.2 Å². The molecule has 0 unspecified atom stereocenters. The minimum atomic E-state index is -0.461. The number of carbonyl (C=O) groups is 1. The van der Waals surface area contributed by atoms with Gasteiger partial charge in [-0.3, -0.25) is 0 Å². The number of rotatable bonds is 12. The highest BCUT2D eigenvalue weighted by atomic mass is 35.5. The zero-order chi connectivity index (χ0) is 23.2. The Balaban J connectivity index is 1.26. The molecule has 33 heavy (non-hydrogen) atoms. The van der Waals surface area contributed by atoms with Crippen LogP contribution in [0, 0.1) is 0 Å². The van der Waals surface area contributed by atoms with Crippen molar-refractivity contribution in [1.82, 2.24) is 10.1 Å². The van der Waals surface area contributed by atoms with Crippen molar-refractivity contribution >= 4 is 29.2 Å². The smallest absolute Gasteiger partial charge is 0.360 e. The van der Waals surface area contributed by atoms with Gasteiger partial charge in [-0.05, 0) is 44.7 Å². The Morgan fingerprint density at radius 1 is 1.18 bits per heavy atom. The molecule has 1 aromatic carbocycles. The number of benzene rings is 1. The van der Waals surface area contributed by atoms with Gasteiger partial charge >= 0.3 is 5.97 Å². The quantitative estimate of drug-likeness (QED) is 0.207. The van der Waals surface area contributed by atoms with E-state index in [0.717, 1.165) is 43.4 Å². The lowest BCUT2D eigenvalue weighted by Crippen LogP contribution is -2.05. The average molecular weight is 493 g/mol. The van der Waals surface area contributed by atoms with Gasteiger partial charge in [0.25, 0.3) is 0 Å². The molecule has 0 saturated heterocycles. The largest absolute Gasteiger partial charge is 0.461 e. The van der Waals surface area contributed by atoms with Crippen LogP contribution in [0.4, 0.5) is 0 Å². The Morgan fingerprint density at radius 3 is 2.70 bits per heavy atom. The first-order valence-electron chi connectivity index (χ1n) is 11.2. The van der Waals surface area contributed by atoms with Crippen LogP contribution in [0.25, 0.3) is 11.3 Å². The summed E-state index contributed by atoms with van der Waals surface area (Å²) in [6.07, 6.45) is 6.90. The minimum Gasteiger partial charge on any atom is -0.461 e. The molecule has 1 saturated carbocycles. The van der Waals surface area contributed by atoms with Gasteiger partial charge in [0.15, 0.2) is 11.6 Å². The SMILES string of the molecule is CCOC(=O)c1coc(CCCCCOCc2c(-c3c(Cl)cccc3Cl)noc2C2CC2)n1. The Morgan fingerprint density at radius 2 is 1.97 bits per heavy atom. The van der Waals surface area contributed by atoms with E-state index in [1.807, 2.05) is 6.07 Å². The summed E-state index contributed by atoms with van der Waals surface area (Å²) in [7, 11) is 0. The number of carbonyl (C=O) groups excluding carboxylic acids is 1. The van der Waals surface area contributed by atoms with Crippen LogP contribution in [0.2, 0.25) is 10.0 Å². The zero-order valence-corrected chi connectivity index (χ0v) is 20.0. The molecule has 1 aliphatic carbocycles. The van der Waals surface area contributed by atoms with E-state index in [-0.39, 0.29) is 5.69 Å². The molecule has 3 aromatic rings. The molecule has 1 fully saturated rings. The number of nitrogens with zero attached hydrogens (tertiary/aromatic N) is 2. The summed E-state index contributed by atoms with van der Waals surface area (Å²) in [4.78, 5) is 15.8. The Hall–Kier alpha value is -2.35. The molecular weight excluding hydrogens is 467 g/mol.